The predicted molar refractivity (Wildman–Crippen MR) is 76.8 cm³/mol. The van der Waals surface area contributed by atoms with Gasteiger partial charge in [-0.3, -0.25) is 4.79 Å². The van der Waals surface area contributed by atoms with E-state index in [4.69, 9.17) is 4.74 Å². The summed E-state index contributed by atoms with van der Waals surface area (Å²) in [7, 11) is 0. The molecule has 20 heavy (non-hydrogen) atoms. The van der Waals surface area contributed by atoms with Crippen LogP contribution < -0.4 is 4.74 Å². The number of aryl methyl sites for hydroxylation is 1. The van der Waals surface area contributed by atoms with Crippen molar-refractivity contribution in [2.45, 2.75) is 20.3 Å². The first-order chi connectivity index (χ1) is 9.60. The maximum absolute atomic E-state index is 13.0. The average molecular weight is 272 g/mol. The first-order valence-electron chi connectivity index (χ1n) is 6.61. The largest absolute Gasteiger partial charge is 0.494 e. The van der Waals surface area contributed by atoms with Gasteiger partial charge in [-0.05, 0) is 49.2 Å². The third-order valence-electron chi connectivity index (χ3n) is 3.12. The highest BCUT2D eigenvalue weighted by molar-refractivity contribution is 5.98. The Bertz CT molecular complexity index is 620. The summed E-state index contributed by atoms with van der Waals surface area (Å²) in [5, 5.41) is 0. The van der Waals surface area contributed by atoms with Gasteiger partial charge in [-0.25, -0.2) is 4.39 Å². The molecule has 0 N–H and O–H groups in total. The summed E-state index contributed by atoms with van der Waals surface area (Å²) in [5.41, 5.74) is 2.25. The van der Waals surface area contributed by atoms with E-state index in [2.05, 4.69) is 0 Å². The van der Waals surface area contributed by atoms with E-state index in [1.807, 2.05) is 19.9 Å². The molecule has 0 aliphatic rings. The van der Waals surface area contributed by atoms with Crippen molar-refractivity contribution in [1.29, 1.82) is 0 Å². The van der Waals surface area contributed by atoms with E-state index < -0.39 is 0 Å². The van der Waals surface area contributed by atoms with Crippen LogP contribution in [0.15, 0.2) is 42.5 Å². The zero-order valence-corrected chi connectivity index (χ0v) is 11.7. The molecule has 104 valence electrons. The Morgan fingerprint density at radius 2 is 2.00 bits per heavy atom. The number of carbonyl (C=O) groups excluding carboxylic acids is 1. The van der Waals surface area contributed by atoms with Gasteiger partial charge in [0, 0.05) is 12.0 Å². The third kappa shape index (κ3) is 3.44. The summed E-state index contributed by atoms with van der Waals surface area (Å²) in [5.74, 6) is 0.410. The van der Waals surface area contributed by atoms with Gasteiger partial charge < -0.3 is 4.74 Å². The molecule has 0 amide bonds. The van der Waals surface area contributed by atoms with Crippen molar-refractivity contribution >= 4 is 5.78 Å². The van der Waals surface area contributed by atoms with E-state index in [9.17, 15) is 9.18 Å². The summed E-state index contributed by atoms with van der Waals surface area (Å²) < 4.78 is 18.4. The molecule has 0 atom stereocenters. The number of Topliss-reactive ketones (excluding diaryl/α,β-unsaturated/α-hetero) is 1. The summed E-state index contributed by atoms with van der Waals surface area (Å²) >= 11 is 0. The number of ether oxygens (including phenoxy) is 1. The van der Waals surface area contributed by atoms with Crippen LogP contribution in [0.2, 0.25) is 0 Å². The topological polar surface area (TPSA) is 26.3 Å². The normalized spacial score (nSPS) is 10.3. The van der Waals surface area contributed by atoms with Gasteiger partial charge in [0.1, 0.15) is 11.6 Å². The van der Waals surface area contributed by atoms with Crippen molar-refractivity contribution in [2.24, 2.45) is 0 Å². The summed E-state index contributed by atoms with van der Waals surface area (Å²) in [4.78, 5) is 12.3. The molecule has 0 aliphatic heterocycles. The molecule has 0 saturated heterocycles. The second-order valence-corrected chi connectivity index (χ2v) is 4.63. The standard InChI is InChI=1S/C17H17FO2/c1-3-20-16-6-4-5-14(10-16)17(19)11-13-7-8-15(18)9-12(13)2/h4-10H,3,11H2,1-2H3. The van der Waals surface area contributed by atoms with Crippen LogP contribution in [0.3, 0.4) is 0 Å². The van der Waals surface area contributed by atoms with Gasteiger partial charge in [0.05, 0.1) is 6.61 Å². The van der Waals surface area contributed by atoms with Crippen LogP contribution in [0.4, 0.5) is 4.39 Å². The Balaban J connectivity index is 2.17. The Kier molecular flexibility index (Phi) is 4.51. The molecular formula is C17H17FO2. The fraction of sp³-hybridized carbons (Fsp3) is 0.235. The lowest BCUT2D eigenvalue weighted by molar-refractivity contribution is 0.0992. The second kappa shape index (κ2) is 6.33. The van der Waals surface area contributed by atoms with E-state index in [0.717, 1.165) is 11.1 Å². The third-order valence-corrected chi connectivity index (χ3v) is 3.12. The monoisotopic (exact) mass is 272 g/mol. The lowest BCUT2D eigenvalue weighted by Gasteiger charge is -2.07. The minimum atomic E-state index is -0.281. The maximum Gasteiger partial charge on any atom is 0.167 e. The van der Waals surface area contributed by atoms with Crippen LogP contribution >= 0.6 is 0 Å². The summed E-state index contributed by atoms with van der Waals surface area (Å²) in [6.45, 7) is 4.27. The Morgan fingerprint density at radius 1 is 1.20 bits per heavy atom. The molecule has 0 bridgehead atoms. The molecule has 0 radical (unpaired) electrons. The van der Waals surface area contributed by atoms with Crippen LogP contribution in [0.1, 0.15) is 28.4 Å². The number of ketones is 1. The van der Waals surface area contributed by atoms with Crippen molar-refractivity contribution < 1.29 is 13.9 Å². The molecule has 3 heteroatoms. The molecule has 0 aromatic heterocycles. The van der Waals surface area contributed by atoms with E-state index in [0.29, 0.717) is 17.9 Å². The van der Waals surface area contributed by atoms with Crippen LogP contribution in [0, 0.1) is 12.7 Å². The van der Waals surface area contributed by atoms with Gasteiger partial charge in [-0.1, -0.05) is 18.2 Å². The summed E-state index contributed by atoms with van der Waals surface area (Å²) in [6.07, 6.45) is 0.266. The van der Waals surface area contributed by atoms with Crippen molar-refractivity contribution in [1.82, 2.24) is 0 Å². The molecule has 2 rings (SSSR count). The molecule has 0 aliphatic carbocycles. The molecule has 2 nitrogen and oxygen atoms in total. The van der Waals surface area contributed by atoms with E-state index in [-0.39, 0.29) is 18.0 Å². The van der Waals surface area contributed by atoms with Crippen LogP contribution in [-0.4, -0.2) is 12.4 Å². The smallest absolute Gasteiger partial charge is 0.167 e. The minimum absolute atomic E-state index is 0.00117. The molecule has 0 fully saturated rings. The highest BCUT2D eigenvalue weighted by Crippen LogP contribution is 2.17. The quantitative estimate of drug-likeness (QED) is 0.770. The number of halogens is 1. The Labute approximate surface area is 118 Å². The highest BCUT2D eigenvalue weighted by Gasteiger charge is 2.10. The number of hydrogen-bond acceptors (Lipinski definition) is 2. The molecule has 0 spiro atoms. The fourth-order valence-electron chi connectivity index (χ4n) is 2.06. The molecule has 2 aromatic rings. The van der Waals surface area contributed by atoms with Crippen molar-refractivity contribution in [3.05, 3.63) is 65.0 Å². The van der Waals surface area contributed by atoms with Crippen LogP contribution in [0.25, 0.3) is 0 Å². The van der Waals surface area contributed by atoms with Crippen molar-refractivity contribution in [2.75, 3.05) is 6.61 Å². The highest BCUT2D eigenvalue weighted by atomic mass is 19.1. The Hall–Kier alpha value is -2.16. The lowest BCUT2D eigenvalue weighted by atomic mass is 9.99. The van der Waals surface area contributed by atoms with E-state index >= 15 is 0 Å². The molecule has 2 aromatic carbocycles. The van der Waals surface area contributed by atoms with Crippen LogP contribution in [0.5, 0.6) is 5.75 Å². The number of carbonyl (C=O) groups is 1. The zero-order chi connectivity index (χ0) is 14.5. The molecule has 0 heterocycles. The average Bonchev–Trinajstić information content (AvgIpc) is 2.42. The maximum atomic E-state index is 13.0. The van der Waals surface area contributed by atoms with E-state index in [1.165, 1.54) is 12.1 Å². The lowest BCUT2D eigenvalue weighted by Crippen LogP contribution is -2.05. The molecular weight excluding hydrogens is 255 g/mol. The first-order valence-corrected chi connectivity index (χ1v) is 6.61. The minimum Gasteiger partial charge on any atom is -0.494 e. The van der Waals surface area contributed by atoms with E-state index in [1.54, 1.807) is 24.3 Å². The number of rotatable bonds is 5. The number of benzene rings is 2. The van der Waals surface area contributed by atoms with Crippen LogP contribution in [-0.2, 0) is 6.42 Å². The van der Waals surface area contributed by atoms with Gasteiger partial charge in [0.2, 0.25) is 0 Å². The molecule has 0 saturated carbocycles. The van der Waals surface area contributed by atoms with Crippen molar-refractivity contribution in [3.63, 3.8) is 0 Å². The number of hydrogen-bond donors (Lipinski definition) is 0. The second-order valence-electron chi connectivity index (χ2n) is 4.63. The first kappa shape index (κ1) is 14.3. The van der Waals surface area contributed by atoms with Gasteiger partial charge in [-0.15, -0.1) is 0 Å². The SMILES string of the molecule is CCOc1cccc(C(=O)Cc2ccc(F)cc2C)c1. The Morgan fingerprint density at radius 3 is 2.70 bits per heavy atom. The van der Waals surface area contributed by atoms with Crippen molar-refractivity contribution in [3.8, 4) is 5.75 Å². The van der Waals surface area contributed by atoms with Gasteiger partial charge >= 0.3 is 0 Å². The molecule has 0 unspecified atom stereocenters. The van der Waals surface area contributed by atoms with Gasteiger partial charge in [0.25, 0.3) is 0 Å². The zero-order valence-electron chi connectivity index (χ0n) is 11.7. The predicted octanol–water partition coefficient (Wildman–Crippen LogP) is 3.96. The fourth-order valence-corrected chi connectivity index (χ4v) is 2.06. The van der Waals surface area contributed by atoms with Gasteiger partial charge in [0.15, 0.2) is 5.78 Å². The van der Waals surface area contributed by atoms with Gasteiger partial charge in [-0.2, -0.15) is 0 Å². The summed E-state index contributed by atoms with van der Waals surface area (Å²) in [6, 6.07) is 11.6.